The Morgan fingerprint density at radius 2 is 1.45 bits per heavy atom. The lowest BCUT2D eigenvalue weighted by molar-refractivity contribution is 0.593. The van der Waals surface area contributed by atoms with E-state index < -0.39 is 0 Å². The van der Waals surface area contributed by atoms with Crippen molar-refractivity contribution >= 4 is 38.6 Å². The molecule has 0 bridgehead atoms. The summed E-state index contributed by atoms with van der Waals surface area (Å²) in [5.41, 5.74) is 1.70. The van der Waals surface area contributed by atoms with E-state index in [1.54, 1.807) is 11.3 Å². The molecule has 3 heteroatoms. The maximum atomic E-state index is 3.67. The van der Waals surface area contributed by atoms with Gasteiger partial charge in [0.25, 0.3) is 0 Å². The quantitative estimate of drug-likeness (QED) is 0.469. The van der Waals surface area contributed by atoms with Crippen LogP contribution in [0.1, 0.15) is 51.3 Å². The zero-order valence-electron chi connectivity index (χ0n) is 13.0. The van der Waals surface area contributed by atoms with Crippen LogP contribution in [0.2, 0.25) is 0 Å². The monoisotopic (exact) mass is 369 g/mol. The van der Waals surface area contributed by atoms with Gasteiger partial charge in [-0.3, -0.25) is 0 Å². The highest BCUT2D eigenvalue weighted by atomic mass is 79.9. The fourth-order valence-corrected chi connectivity index (χ4v) is 4.68. The molecular weight excluding hydrogens is 348 g/mol. The Morgan fingerprint density at radius 3 is 1.80 bits per heavy atom. The Balaban J connectivity index is 2.67. The van der Waals surface area contributed by atoms with Crippen LogP contribution in [0.15, 0.2) is 28.1 Å². The van der Waals surface area contributed by atoms with Gasteiger partial charge in [0, 0.05) is 37.9 Å². The smallest absolute Gasteiger partial charge is 0.143 e. The molecule has 2 aromatic heterocycles. The van der Waals surface area contributed by atoms with Crippen LogP contribution in [0.5, 0.6) is 0 Å². The minimum atomic E-state index is 0.185. The largest absolute Gasteiger partial charge is 0.219 e. The van der Waals surface area contributed by atoms with Crippen molar-refractivity contribution in [3.05, 3.63) is 37.8 Å². The highest BCUT2D eigenvalue weighted by molar-refractivity contribution is 9.10. The van der Waals surface area contributed by atoms with Crippen molar-refractivity contribution in [2.75, 3.05) is 0 Å². The van der Waals surface area contributed by atoms with Crippen LogP contribution in [-0.4, -0.2) is 0 Å². The Labute approximate surface area is 139 Å². The summed E-state index contributed by atoms with van der Waals surface area (Å²) < 4.78 is 1.19. The number of hydrogen-bond acceptors (Lipinski definition) is 1. The first-order valence-corrected chi connectivity index (χ1v) is 9.30. The van der Waals surface area contributed by atoms with Gasteiger partial charge in [-0.2, -0.15) is 0 Å². The lowest BCUT2D eigenvalue weighted by Crippen LogP contribution is -2.14. The van der Waals surface area contributed by atoms with E-state index in [1.807, 2.05) is 11.3 Å². The molecule has 0 N–H and O–H groups in total. The summed E-state index contributed by atoms with van der Waals surface area (Å²) in [6, 6.07) is 6.84. The average Bonchev–Trinajstić information content (AvgIpc) is 2.72. The maximum absolute atomic E-state index is 3.67. The molecule has 0 unspecified atom stereocenters. The first-order chi connectivity index (χ1) is 9.09. The van der Waals surface area contributed by atoms with Crippen molar-refractivity contribution in [2.24, 2.45) is 0 Å². The molecule has 0 amide bonds. The molecule has 0 aliphatic carbocycles. The molecule has 108 valence electrons. The van der Waals surface area contributed by atoms with Crippen molar-refractivity contribution in [1.82, 2.24) is 0 Å². The van der Waals surface area contributed by atoms with Crippen LogP contribution >= 0.6 is 38.6 Å². The van der Waals surface area contributed by atoms with Crippen LogP contribution in [-0.2, 0) is 10.8 Å². The Bertz CT molecular complexity index is 580. The second-order valence-corrected chi connectivity index (χ2v) is 10.0. The molecule has 0 aromatic carbocycles. The topological polar surface area (TPSA) is 0 Å². The predicted octanol–water partition coefficient (Wildman–Crippen LogP) is 7.12. The highest BCUT2D eigenvalue weighted by Crippen LogP contribution is 2.41. The molecule has 0 radical (unpaired) electrons. The van der Waals surface area contributed by atoms with Crippen molar-refractivity contribution in [1.29, 1.82) is 0 Å². The van der Waals surface area contributed by atoms with Crippen LogP contribution in [0, 0.1) is 0 Å². The van der Waals surface area contributed by atoms with Gasteiger partial charge in [-0.25, -0.2) is 0 Å². The molecular formula is C17H22BrS2+. The van der Waals surface area contributed by atoms with Gasteiger partial charge in [-0.1, -0.05) is 41.5 Å². The third kappa shape index (κ3) is 3.49. The maximum Gasteiger partial charge on any atom is 0.219 e. The van der Waals surface area contributed by atoms with Crippen LogP contribution < -0.4 is 0 Å². The highest BCUT2D eigenvalue weighted by Gasteiger charge is 2.32. The minimum Gasteiger partial charge on any atom is -0.143 e. The first kappa shape index (κ1) is 16.1. The van der Waals surface area contributed by atoms with Gasteiger partial charge < -0.3 is 0 Å². The minimum absolute atomic E-state index is 0.185. The molecule has 0 atom stereocenters. The number of halogens is 1. The molecule has 2 aromatic rings. The summed E-state index contributed by atoms with van der Waals surface area (Å²) in [5, 5.41) is 2.14. The Hall–Kier alpha value is -0.250. The summed E-state index contributed by atoms with van der Waals surface area (Å²) in [7, 11) is 0. The van der Waals surface area contributed by atoms with Gasteiger partial charge in [0.1, 0.15) is 0 Å². The van der Waals surface area contributed by atoms with Gasteiger partial charge in [0.15, 0.2) is 0 Å². The number of rotatable bonds is 1. The van der Waals surface area contributed by atoms with E-state index in [0.717, 1.165) is 0 Å². The molecule has 0 nitrogen and oxygen atoms in total. The van der Waals surface area contributed by atoms with Crippen LogP contribution in [0.25, 0.3) is 10.4 Å². The van der Waals surface area contributed by atoms with Gasteiger partial charge in [0.05, 0.1) is 0 Å². The van der Waals surface area contributed by atoms with Crippen molar-refractivity contribution in [2.45, 2.75) is 52.4 Å². The lowest BCUT2D eigenvalue weighted by Gasteiger charge is -2.16. The van der Waals surface area contributed by atoms with Crippen molar-refractivity contribution in [3.8, 4) is 10.4 Å². The zero-order valence-corrected chi connectivity index (χ0v) is 16.2. The molecule has 0 aliphatic rings. The third-order valence-electron chi connectivity index (χ3n) is 3.15. The molecule has 0 saturated carbocycles. The molecule has 20 heavy (non-hydrogen) atoms. The number of thiophene rings is 1. The molecule has 0 saturated heterocycles. The van der Waals surface area contributed by atoms with E-state index in [4.69, 9.17) is 0 Å². The first-order valence-electron chi connectivity index (χ1n) is 6.81. The summed E-state index contributed by atoms with van der Waals surface area (Å²) in [5.74, 6) is 0. The zero-order chi connectivity index (χ0) is 15.1. The fourth-order valence-electron chi connectivity index (χ4n) is 1.87. The summed E-state index contributed by atoms with van der Waals surface area (Å²) in [6.45, 7) is 13.7. The normalized spacial score (nSPS) is 12.8. The summed E-state index contributed by atoms with van der Waals surface area (Å²) >= 11 is 7.41. The van der Waals surface area contributed by atoms with Crippen LogP contribution in [0.3, 0.4) is 0 Å². The van der Waals surface area contributed by atoms with Gasteiger partial charge in [0.2, 0.25) is 21.1 Å². The van der Waals surface area contributed by atoms with Gasteiger partial charge >= 0.3 is 0 Å². The summed E-state index contributed by atoms with van der Waals surface area (Å²) in [6.07, 6.45) is 0. The molecule has 2 heterocycles. The van der Waals surface area contributed by atoms with E-state index in [0.29, 0.717) is 0 Å². The van der Waals surface area contributed by atoms with Crippen LogP contribution in [0.4, 0.5) is 0 Å². The fraction of sp³-hybridized carbons (Fsp3) is 0.471. The summed E-state index contributed by atoms with van der Waals surface area (Å²) in [4.78, 5) is 4.22. The Kier molecular flexibility index (Phi) is 4.44. The van der Waals surface area contributed by atoms with E-state index in [9.17, 15) is 0 Å². The van der Waals surface area contributed by atoms with E-state index in [1.165, 1.54) is 24.7 Å². The SMILES string of the molecule is CC(C)(C)c1cc(-c2sccc2Br)cc(C(C)(C)C)[s+]1. The van der Waals surface area contributed by atoms with E-state index in [-0.39, 0.29) is 10.8 Å². The van der Waals surface area contributed by atoms with E-state index >= 15 is 0 Å². The molecule has 0 fully saturated rings. The Morgan fingerprint density at radius 1 is 0.950 bits per heavy atom. The third-order valence-corrected chi connectivity index (χ3v) is 6.94. The van der Waals surface area contributed by atoms with Crippen molar-refractivity contribution < 1.29 is 0 Å². The second kappa shape index (κ2) is 5.51. The standard InChI is InChI=1S/C17H22BrS2/c1-16(2,3)13-9-11(15-12(18)7-8-19-15)10-14(20-13)17(4,5)6/h7-10H,1-6H3/q+1. The van der Waals surface area contributed by atoms with Gasteiger partial charge in [-0.05, 0) is 27.4 Å². The predicted molar refractivity (Wildman–Crippen MR) is 97.1 cm³/mol. The average molecular weight is 370 g/mol. The number of hydrogen-bond donors (Lipinski definition) is 0. The second-order valence-electron chi connectivity index (χ2n) is 7.17. The van der Waals surface area contributed by atoms with Crippen molar-refractivity contribution in [3.63, 3.8) is 0 Å². The molecule has 2 rings (SSSR count). The molecule has 0 spiro atoms. The molecule has 0 aliphatic heterocycles. The van der Waals surface area contributed by atoms with Gasteiger partial charge in [-0.15, -0.1) is 11.3 Å². The van der Waals surface area contributed by atoms with E-state index in [2.05, 4.69) is 81.1 Å². The lowest BCUT2D eigenvalue weighted by atomic mass is 9.91.